The van der Waals surface area contributed by atoms with Gasteiger partial charge in [-0.05, 0) is 84.3 Å². The minimum Gasteiger partial charge on any atom is -0.480 e. The molecule has 1 aliphatic carbocycles. The molecule has 1 heterocycles. The largest absolute Gasteiger partial charge is 0.480 e. The fraction of sp³-hybridized carbons (Fsp3) is 0.324. The zero-order valence-electron chi connectivity index (χ0n) is 29.9. The zero-order valence-corrected chi connectivity index (χ0v) is 30.6. The first-order valence-electron chi connectivity index (χ1n) is 17.0. The number of carbonyl (C=O) groups is 4. The molecular formula is C37H38ClF3N8O6. The summed E-state index contributed by atoms with van der Waals surface area (Å²) in [7, 11) is 0. The number of amides is 3. The molecule has 18 heteroatoms. The van der Waals surface area contributed by atoms with E-state index in [1.807, 2.05) is 39.0 Å². The fourth-order valence-electron chi connectivity index (χ4n) is 5.27. The first-order chi connectivity index (χ1) is 25.9. The molecule has 1 aliphatic rings. The molecule has 1 aromatic heterocycles. The SMILES string of the molecule is CC(C)(C)c1cccc(NC(=O)C(=O)NCC[C@H](NC(=O)c2ccc(Nc3nc(NC4(c5ccc(Cl)cc5)CC4)nc(OCC(F)(F)F)n3)cc2)C(=O)O)c1. The van der Waals surface area contributed by atoms with Gasteiger partial charge in [-0.25, -0.2) is 4.79 Å². The molecule has 1 fully saturated rings. The summed E-state index contributed by atoms with van der Waals surface area (Å²) in [6, 6.07) is 17.8. The van der Waals surface area contributed by atoms with Gasteiger partial charge in [0.2, 0.25) is 11.9 Å². The number of halogens is 4. The monoisotopic (exact) mass is 782 g/mol. The molecular weight excluding hydrogens is 745 g/mol. The summed E-state index contributed by atoms with van der Waals surface area (Å²) < 4.78 is 43.6. The van der Waals surface area contributed by atoms with Crippen LogP contribution in [0.25, 0.3) is 0 Å². The number of nitrogens with one attached hydrogen (secondary N) is 5. The molecule has 0 spiro atoms. The van der Waals surface area contributed by atoms with Crippen LogP contribution in [0.15, 0.2) is 72.8 Å². The molecule has 0 saturated heterocycles. The van der Waals surface area contributed by atoms with E-state index in [1.54, 1.807) is 30.3 Å². The minimum atomic E-state index is -4.64. The van der Waals surface area contributed by atoms with Crippen molar-refractivity contribution in [2.24, 2.45) is 0 Å². The van der Waals surface area contributed by atoms with Crippen molar-refractivity contribution >= 4 is 58.6 Å². The first-order valence-corrected chi connectivity index (χ1v) is 17.4. The summed E-state index contributed by atoms with van der Waals surface area (Å²) in [5, 5.41) is 23.5. The maximum absolute atomic E-state index is 12.9. The smallest absolute Gasteiger partial charge is 0.422 e. The van der Waals surface area contributed by atoms with Crippen molar-refractivity contribution in [1.29, 1.82) is 0 Å². The maximum atomic E-state index is 12.9. The van der Waals surface area contributed by atoms with Crippen molar-refractivity contribution in [3.8, 4) is 6.01 Å². The predicted octanol–water partition coefficient (Wildman–Crippen LogP) is 5.94. The second-order valence-electron chi connectivity index (χ2n) is 13.8. The number of carboxylic acid groups (broad SMARTS) is 1. The highest BCUT2D eigenvalue weighted by Gasteiger charge is 2.45. The van der Waals surface area contributed by atoms with Crippen LogP contribution in [0, 0.1) is 0 Å². The Balaban J connectivity index is 1.18. The van der Waals surface area contributed by atoms with E-state index >= 15 is 0 Å². The number of anilines is 4. The molecule has 1 saturated carbocycles. The molecule has 4 aromatic rings. The summed E-state index contributed by atoms with van der Waals surface area (Å²) in [4.78, 5) is 62.0. The summed E-state index contributed by atoms with van der Waals surface area (Å²) in [5.74, 6) is -4.22. The van der Waals surface area contributed by atoms with Crippen LogP contribution in [0.5, 0.6) is 6.01 Å². The van der Waals surface area contributed by atoms with Gasteiger partial charge >= 0.3 is 30.0 Å². The number of rotatable bonds is 14. The van der Waals surface area contributed by atoms with Crippen molar-refractivity contribution in [2.45, 2.75) is 63.2 Å². The summed E-state index contributed by atoms with van der Waals surface area (Å²) in [6.45, 7) is 4.16. The molecule has 5 rings (SSSR count). The van der Waals surface area contributed by atoms with Crippen LogP contribution in [0.1, 0.15) is 61.5 Å². The third-order valence-electron chi connectivity index (χ3n) is 8.40. The van der Waals surface area contributed by atoms with Crippen LogP contribution >= 0.6 is 11.6 Å². The normalized spacial score (nSPS) is 13.9. The third-order valence-corrected chi connectivity index (χ3v) is 8.65. The topological polar surface area (TPSA) is 197 Å². The molecule has 3 aromatic carbocycles. The molecule has 0 unspecified atom stereocenters. The zero-order chi connectivity index (χ0) is 40.0. The van der Waals surface area contributed by atoms with E-state index in [4.69, 9.17) is 16.3 Å². The number of hydrogen-bond acceptors (Lipinski definition) is 10. The van der Waals surface area contributed by atoms with Gasteiger partial charge in [0.25, 0.3) is 5.91 Å². The summed E-state index contributed by atoms with van der Waals surface area (Å²) in [6.07, 6.45) is -3.47. The van der Waals surface area contributed by atoms with Gasteiger partial charge in [-0.2, -0.15) is 28.1 Å². The number of aliphatic carboxylic acids is 1. The van der Waals surface area contributed by atoms with Crippen molar-refractivity contribution in [3.05, 3.63) is 94.5 Å². The lowest BCUT2D eigenvalue weighted by molar-refractivity contribution is -0.154. The van der Waals surface area contributed by atoms with Crippen molar-refractivity contribution < 1.29 is 42.2 Å². The lowest BCUT2D eigenvalue weighted by Crippen LogP contribution is -2.44. The van der Waals surface area contributed by atoms with Crippen molar-refractivity contribution in [3.63, 3.8) is 0 Å². The quantitative estimate of drug-likeness (QED) is 0.0829. The Kier molecular flexibility index (Phi) is 12.1. The van der Waals surface area contributed by atoms with Crippen LogP contribution in [-0.2, 0) is 25.3 Å². The average molecular weight is 783 g/mol. The van der Waals surface area contributed by atoms with Crippen molar-refractivity contribution in [2.75, 3.05) is 29.1 Å². The van der Waals surface area contributed by atoms with Crippen LogP contribution < -0.4 is 31.3 Å². The van der Waals surface area contributed by atoms with Gasteiger partial charge in [0.1, 0.15) is 6.04 Å². The Morgan fingerprint density at radius 2 is 1.56 bits per heavy atom. The van der Waals surface area contributed by atoms with Gasteiger partial charge in [0.15, 0.2) is 6.61 Å². The van der Waals surface area contributed by atoms with Crippen LogP contribution in [0.3, 0.4) is 0 Å². The number of nitrogens with zero attached hydrogens (tertiary/aromatic N) is 3. The van der Waals surface area contributed by atoms with E-state index in [0.717, 1.165) is 11.1 Å². The highest BCUT2D eigenvalue weighted by molar-refractivity contribution is 6.39. The standard InChI is InChI=1S/C37H38ClF3N8O6/c1-35(2,3)23-5-4-6-26(19-23)43-30(52)29(51)42-18-15-27(31(53)54)45-28(50)21-7-13-25(14-8-21)44-32-46-33(48-34(47-32)55-20-37(39,40)41)49-36(16-17-36)22-9-11-24(38)12-10-22/h4-14,19,27H,15-18,20H2,1-3H3,(H,42,51)(H,43,52)(H,45,50)(H,53,54)(H2,44,46,47,48,49)/t27-/m0/s1. The van der Waals surface area contributed by atoms with Gasteiger partial charge in [-0.1, -0.05) is 56.6 Å². The second kappa shape index (κ2) is 16.6. The number of carboxylic acids is 1. The lowest BCUT2D eigenvalue weighted by Gasteiger charge is -2.19. The Hall–Kier alpha value is -5.97. The van der Waals surface area contributed by atoms with Gasteiger partial charge in [-0.15, -0.1) is 0 Å². The number of aromatic nitrogens is 3. The van der Waals surface area contributed by atoms with E-state index in [-0.39, 0.29) is 35.8 Å². The number of alkyl halides is 3. The Labute approximate surface area is 318 Å². The molecule has 0 aliphatic heterocycles. The second-order valence-corrected chi connectivity index (χ2v) is 14.2. The Morgan fingerprint density at radius 3 is 2.18 bits per heavy atom. The average Bonchev–Trinajstić information content (AvgIpc) is 3.90. The lowest BCUT2D eigenvalue weighted by atomic mass is 9.87. The van der Waals surface area contributed by atoms with Gasteiger partial charge in [-0.3, -0.25) is 14.4 Å². The third kappa shape index (κ3) is 11.5. The highest BCUT2D eigenvalue weighted by atomic mass is 35.5. The number of hydrogen-bond donors (Lipinski definition) is 6. The number of ether oxygens (including phenoxy) is 1. The van der Waals surface area contributed by atoms with Crippen LogP contribution in [-0.4, -0.2) is 69.1 Å². The summed E-state index contributed by atoms with van der Waals surface area (Å²) in [5.41, 5.74) is 1.92. The highest BCUT2D eigenvalue weighted by Crippen LogP contribution is 2.48. The van der Waals surface area contributed by atoms with E-state index in [0.29, 0.717) is 29.2 Å². The number of carbonyl (C=O) groups excluding carboxylic acids is 3. The minimum absolute atomic E-state index is 0.0412. The predicted molar refractivity (Wildman–Crippen MR) is 197 cm³/mol. The molecule has 6 N–H and O–H groups in total. The summed E-state index contributed by atoms with van der Waals surface area (Å²) >= 11 is 6.02. The molecule has 55 heavy (non-hydrogen) atoms. The van der Waals surface area contributed by atoms with Gasteiger partial charge < -0.3 is 36.4 Å². The molecule has 3 amide bonds. The molecule has 0 radical (unpaired) electrons. The van der Waals surface area contributed by atoms with E-state index < -0.39 is 54.1 Å². The van der Waals surface area contributed by atoms with E-state index in [1.165, 1.54) is 24.3 Å². The van der Waals surface area contributed by atoms with E-state index in [9.17, 15) is 37.5 Å². The fourth-order valence-corrected chi connectivity index (χ4v) is 5.39. The molecule has 290 valence electrons. The molecule has 0 bridgehead atoms. The number of benzene rings is 3. The van der Waals surface area contributed by atoms with Gasteiger partial charge in [0.05, 0.1) is 5.54 Å². The van der Waals surface area contributed by atoms with Gasteiger partial charge in [0, 0.05) is 28.5 Å². The van der Waals surface area contributed by atoms with Crippen molar-refractivity contribution in [1.82, 2.24) is 25.6 Å². The van der Waals surface area contributed by atoms with Crippen LogP contribution in [0.2, 0.25) is 5.02 Å². The molecule has 1 atom stereocenters. The van der Waals surface area contributed by atoms with E-state index in [2.05, 4.69) is 41.5 Å². The Morgan fingerprint density at radius 1 is 0.891 bits per heavy atom. The van der Waals surface area contributed by atoms with Crippen LogP contribution in [0.4, 0.5) is 36.4 Å². The maximum Gasteiger partial charge on any atom is 0.422 e. The first kappa shape index (κ1) is 40.2. The molecule has 14 nitrogen and oxygen atoms in total. The Bertz CT molecular complexity index is 2040.